The highest BCUT2D eigenvalue weighted by molar-refractivity contribution is 5.59. The molecule has 0 bridgehead atoms. The van der Waals surface area contributed by atoms with Crippen molar-refractivity contribution in [3.63, 3.8) is 0 Å². The molecule has 0 aliphatic rings. The molecule has 1 aromatic rings. The average molecular weight is 263 g/mol. The van der Waals surface area contributed by atoms with Gasteiger partial charge in [0, 0.05) is 30.9 Å². The number of hydrogen-bond donors (Lipinski definition) is 0. The van der Waals surface area contributed by atoms with E-state index in [0.717, 1.165) is 5.69 Å². The maximum atomic E-state index is 10.9. The van der Waals surface area contributed by atoms with Gasteiger partial charge in [0.25, 0.3) is 0 Å². The summed E-state index contributed by atoms with van der Waals surface area (Å²) in [7, 11) is 1.85. The lowest BCUT2D eigenvalue weighted by Crippen LogP contribution is -2.28. The van der Waals surface area contributed by atoms with Crippen LogP contribution in [0.25, 0.3) is 0 Å². The molecule has 19 heavy (non-hydrogen) atoms. The Hall–Kier alpha value is -2.29. The molecule has 1 atom stereocenters. The van der Waals surface area contributed by atoms with Crippen LogP contribution >= 0.6 is 0 Å². The third-order valence-electron chi connectivity index (χ3n) is 2.90. The molecule has 0 saturated heterocycles. The molecule has 6 heteroatoms. The van der Waals surface area contributed by atoms with Gasteiger partial charge in [-0.1, -0.05) is 0 Å². The molecule has 0 N–H and O–H groups in total. The van der Waals surface area contributed by atoms with Crippen LogP contribution in [0.3, 0.4) is 0 Å². The predicted molar refractivity (Wildman–Crippen MR) is 72.4 cm³/mol. The van der Waals surface area contributed by atoms with Gasteiger partial charge in [0.1, 0.15) is 0 Å². The Morgan fingerprint density at radius 3 is 2.79 bits per heavy atom. The maximum absolute atomic E-state index is 10.9. The first kappa shape index (κ1) is 14.8. The van der Waals surface area contributed by atoms with E-state index in [1.165, 1.54) is 6.07 Å². The number of hydrogen-bond acceptors (Lipinski definition) is 5. The molecule has 6 nitrogen and oxygen atoms in total. The molecule has 102 valence electrons. The van der Waals surface area contributed by atoms with Crippen LogP contribution < -0.4 is 9.64 Å². The van der Waals surface area contributed by atoms with E-state index in [2.05, 4.69) is 6.07 Å². The molecular formula is C13H17N3O3. The second-order valence-electron chi connectivity index (χ2n) is 4.16. The number of ether oxygens (including phenoxy) is 1. The first-order valence-corrected chi connectivity index (χ1v) is 6.02. The van der Waals surface area contributed by atoms with Crippen LogP contribution in [0.1, 0.15) is 20.3 Å². The van der Waals surface area contributed by atoms with Crippen molar-refractivity contribution in [2.45, 2.75) is 26.3 Å². The molecule has 0 aromatic heterocycles. The number of nitriles is 1. The average Bonchev–Trinajstić information content (AvgIpc) is 2.38. The standard InChI is InChI=1S/C13H17N3O3/c1-4-19-13-9-11(5-6-12(13)16(17)18)15(3)10(2)7-8-14/h5-6,9-10H,4,7H2,1-3H3. The molecular weight excluding hydrogens is 246 g/mol. The van der Waals surface area contributed by atoms with Gasteiger partial charge in [-0.2, -0.15) is 5.26 Å². The molecule has 1 rings (SSSR count). The van der Waals surface area contributed by atoms with E-state index in [-0.39, 0.29) is 17.5 Å². The predicted octanol–water partition coefficient (Wildman–Crippen LogP) is 2.73. The third kappa shape index (κ3) is 3.58. The fourth-order valence-electron chi connectivity index (χ4n) is 1.67. The smallest absolute Gasteiger partial charge is 0.311 e. The fourth-order valence-corrected chi connectivity index (χ4v) is 1.67. The van der Waals surface area contributed by atoms with E-state index in [1.807, 2.05) is 18.9 Å². The van der Waals surface area contributed by atoms with E-state index in [9.17, 15) is 10.1 Å². The van der Waals surface area contributed by atoms with Gasteiger partial charge in [-0.05, 0) is 19.9 Å². The zero-order valence-electron chi connectivity index (χ0n) is 11.3. The monoisotopic (exact) mass is 263 g/mol. The van der Waals surface area contributed by atoms with Crippen LogP contribution in [0.4, 0.5) is 11.4 Å². The van der Waals surface area contributed by atoms with Crippen LogP contribution in [-0.4, -0.2) is 24.6 Å². The van der Waals surface area contributed by atoms with Crippen molar-refractivity contribution < 1.29 is 9.66 Å². The number of nitrogens with zero attached hydrogens (tertiary/aromatic N) is 3. The number of nitro benzene ring substituents is 1. The molecule has 0 aliphatic heterocycles. The van der Waals surface area contributed by atoms with Crippen molar-refractivity contribution in [1.29, 1.82) is 5.26 Å². The summed E-state index contributed by atoms with van der Waals surface area (Å²) in [5.74, 6) is 0.251. The van der Waals surface area contributed by atoms with Crippen LogP contribution in [0.5, 0.6) is 5.75 Å². The Balaban J connectivity index is 3.07. The molecule has 0 spiro atoms. The summed E-state index contributed by atoms with van der Waals surface area (Å²) in [5, 5.41) is 19.6. The minimum atomic E-state index is -0.465. The topological polar surface area (TPSA) is 79.4 Å². The summed E-state index contributed by atoms with van der Waals surface area (Å²) in [6.45, 7) is 4.06. The number of nitro groups is 1. The van der Waals surface area contributed by atoms with Gasteiger partial charge >= 0.3 is 5.69 Å². The lowest BCUT2D eigenvalue weighted by molar-refractivity contribution is -0.385. The van der Waals surface area contributed by atoms with Crippen LogP contribution in [-0.2, 0) is 0 Å². The lowest BCUT2D eigenvalue weighted by Gasteiger charge is -2.25. The molecule has 1 unspecified atom stereocenters. The second-order valence-corrected chi connectivity index (χ2v) is 4.16. The number of anilines is 1. The van der Waals surface area contributed by atoms with E-state index in [0.29, 0.717) is 13.0 Å². The van der Waals surface area contributed by atoms with Crippen molar-refractivity contribution in [3.05, 3.63) is 28.3 Å². The van der Waals surface area contributed by atoms with Crippen molar-refractivity contribution in [3.8, 4) is 11.8 Å². The summed E-state index contributed by atoms with van der Waals surface area (Å²) in [6.07, 6.45) is 0.386. The largest absolute Gasteiger partial charge is 0.487 e. The third-order valence-corrected chi connectivity index (χ3v) is 2.90. The Morgan fingerprint density at radius 2 is 2.26 bits per heavy atom. The molecule has 0 saturated carbocycles. The zero-order valence-corrected chi connectivity index (χ0v) is 11.3. The molecule has 0 fully saturated rings. The Bertz CT molecular complexity index is 496. The lowest BCUT2D eigenvalue weighted by atomic mass is 10.2. The van der Waals surface area contributed by atoms with E-state index >= 15 is 0 Å². The van der Waals surface area contributed by atoms with E-state index in [1.54, 1.807) is 19.1 Å². The van der Waals surface area contributed by atoms with Gasteiger partial charge in [0.2, 0.25) is 0 Å². The van der Waals surface area contributed by atoms with Gasteiger partial charge < -0.3 is 9.64 Å². The van der Waals surface area contributed by atoms with Gasteiger partial charge in [0.15, 0.2) is 5.75 Å². The van der Waals surface area contributed by atoms with Crippen molar-refractivity contribution in [2.75, 3.05) is 18.6 Å². The first-order valence-electron chi connectivity index (χ1n) is 6.02. The number of benzene rings is 1. The van der Waals surface area contributed by atoms with Crippen molar-refractivity contribution in [2.24, 2.45) is 0 Å². The normalized spacial score (nSPS) is 11.5. The van der Waals surface area contributed by atoms with Crippen LogP contribution in [0.15, 0.2) is 18.2 Å². The minimum absolute atomic E-state index is 0.0286. The van der Waals surface area contributed by atoms with Crippen molar-refractivity contribution in [1.82, 2.24) is 0 Å². The zero-order chi connectivity index (χ0) is 14.4. The first-order chi connectivity index (χ1) is 9.01. The van der Waals surface area contributed by atoms with E-state index in [4.69, 9.17) is 10.00 Å². The molecule has 0 amide bonds. The summed E-state index contributed by atoms with van der Waals surface area (Å²) >= 11 is 0. The second kappa shape index (κ2) is 6.59. The van der Waals surface area contributed by atoms with Crippen molar-refractivity contribution >= 4 is 11.4 Å². The summed E-state index contributed by atoms with van der Waals surface area (Å²) < 4.78 is 5.30. The highest BCUT2D eigenvalue weighted by Crippen LogP contribution is 2.32. The Kier molecular flexibility index (Phi) is 5.12. The fraction of sp³-hybridized carbons (Fsp3) is 0.462. The quantitative estimate of drug-likeness (QED) is 0.582. The summed E-state index contributed by atoms with van der Waals surface area (Å²) in [5.41, 5.74) is 0.740. The summed E-state index contributed by atoms with van der Waals surface area (Å²) in [4.78, 5) is 12.3. The molecule has 0 aliphatic carbocycles. The summed E-state index contributed by atoms with van der Waals surface area (Å²) in [6, 6.07) is 6.86. The highest BCUT2D eigenvalue weighted by atomic mass is 16.6. The maximum Gasteiger partial charge on any atom is 0.311 e. The Labute approximate surface area is 112 Å². The highest BCUT2D eigenvalue weighted by Gasteiger charge is 2.18. The van der Waals surface area contributed by atoms with Crippen LogP contribution in [0, 0.1) is 21.4 Å². The van der Waals surface area contributed by atoms with Crippen LogP contribution in [0.2, 0.25) is 0 Å². The van der Waals surface area contributed by atoms with Gasteiger partial charge in [-0.3, -0.25) is 10.1 Å². The SMILES string of the molecule is CCOc1cc(N(C)C(C)CC#N)ccc1[N+](=O)[O-]. The van der Waals surface area contributed by atoms with E-state index < -0.39 is 4.92 Å². The molecule has 1 aromatic carbocycles. The minimum Gasteiger partial charge on any atom is -0.487 e. The molecule has 0 radical (unpaired) electrons. The Morgan fingerprint density at radius 1 is 1.58 bits per heavy atom. The number of rotatable bonds is 6. The molecule has 0 heterocycles. The van der Waals surface area contributed by atoms with Gasteiger partial charge in [-0.15, -0.1) is 0 Å². The van der Waals surface area contributed by atoms with Gasteiger partial charge in [-0.25, -0.2) is 0 Å². The van der Waals surface area contributed by atoms with Gasteiger partial charge in [0.05, 0.1) is 24.0 Å².